The maximum atomic E-state index is 13.4. The number of hydrogen-bond donors (Lipinski definition) is 0. The van der Waals surface area contributed by atoms with E-state index in [0.717, 1.165) is 59.6 Å². The van der Waals surface area contributed by atoms with Gasteiger partial charge >= 0.3 is 5.97 Å². The van der Waals surface area contributed by atoms with Gasteiger partial charge in [-0.1, -0.05) is 18.2 Å². The van der Waals surface area contributed by atoms with Gasteiger partial charge in [0, 0.05) is 49.2 Å². The Balaban J connectivity index is 1.46. The molecule has 7 rings (SSSR count). The Morgan fingerprint density at radius 3 is 2.73 bits per heavy atom. The number of carbonyl (C=O) groups excluding carboxylic acids is 2. The summed E-state index contributed by atoms with van der Waals surface area (Å²) < 4.78 is 15.2. The third kappa shape index (κ3) is 4.23. The second-order valence-electron chi connectivity index (χ2n) is 10.8. The van der Waals surface area contributed by atoms with Crippen molar-refractivity contribution in [1.82, 2.24) is 19.1 Å². The van der Waals surface area contributed by atoms with Crippen molar-refractivity contribution < 1.29 is 19.1 Å². The van der Waals surface area contributed by atoms with E-state index in [-0.39, 0.29) is 11.8 Å². The van der Waals surface area contributed by atoms with Gasteiger partial charge in [0.1, 0.15) is 16.9 Å². The summed E-state index contributed by atoms with van der Waals surface area (Å²) >= 11 is 0. The molecule has 0 aliphatic carbocycles. The van der Waals surface area contributed by atoms with E-state index in [0.29, 0.717) is 36.3 Å². The molecule has 9 nitrogen and oxygen atoms in total. The summed E-state index contributed by atoms with van der Waals surface area (Å²) in [5.74, 6) is 1.06. The van der Waals surface area contributed by atoms with Gasteiger partial charge in [-0.2, -0.15) is 0 Å². The first-order valence-corrected chi connectivity index (χ1v) is 14.0. The number of ether oxygens (including phenoxy) is 2. The molecule has 1 amide bonds. The maximum Gasteiger partial charge on any atom is 0.338 e. The van der Waals surface area contributed by atoms with Crippen molar-refractivity contribution in [2.24, 2.45) is 5.92 Å². The summed E-state index contributed by atoms with van der Waals surface area (Å²) in [5.41, 5.74) is 5.90. The summed E-state index contributed by atoms with van der Waals surface area (Å²) in [4.78, 5) is 37.7. The number of carbonyl (C=O) groups is 2. The van der Waals surface area contributed by atoms with Gasteiger partial charge in [0.2, 0.25) is 5.91 Å². The van der Waals surface area contributed by atoms with Gasteiger partial charge < -0.3 is 23.5 Å². The Hall–Kier alpha value is -4.66. The highest BCUT2D eigenvalue weighted by Crippen LogP contribution is 2.38. The van der Waals surface area contributed by atoms with Gasteiger partial charge in [-0.05, 0) is 61.2 Å². The molecule has 41 heavy (non-hydrogen) atoms. The molecule has 9 heteroatoms. The molecule has 2 bridgehead atoms. The van der Waals surface area contributed by atoms with E-state index in [9.17, 15) is 9.59 Å². The number of aryl methyl sites for hydroxylation is 2. The van der Waals surface area contributed by atoms with E-state index in [1.165, 1.54) is 12.7 Å². The van der Waals surface area contributed by atoms with Gasteiger partial charge in [-0.25, -0.2) is 14.8 Å². The number of benzene rings is 2. The van der Waals surface area contributed by atoms with Crippen LogP contribution in [0.25, 0.3) is 33.6 Å². The van der Waals surface area contributed by atoms with E-state index in [4.69, 9.17) is 19.4 Å². The zero-order chi connectivity index (χ0) is 28.1. The number of aromatic nitrogens is 4. The van der Waals surface area contributed by atoms with Gasteiger partial charge in [0.05, 0.1) is 31.0 Å². The minimum atomic E-state index is -0.450. The first kappa shape index (κ1) is 25.3. The maximum absolute atomic E-state index is 13.4. The number of amides is 1. The van der Waals surface area contributed by atoms with Gasteiger partial charge in [0.15, 0.2) is 5.82 Å². The lowest BCUT2D eigenvalue weighted by Gasteiger charge is -2.22. The third-order valence-corrected chi connectivity index (χ3v) is 8.34. The lowest BCUT2D eigenvalue weighted by atomic mass is 10.0. The molecule has 1 saturated heterocycles. The molecule has 1 unspecified atom stereocenters. The third-order valence-electron chi connectivity index (χ3n) is 8.34. The fraction of sp³-hybridized carbons (Fsp3) is 0.312. The van der Waals surface area contributed by atoms with Crippen LogP contribution in [0.15, 0.2) is 60.8 Å². The lowest BCUT2D eigenvalue weighted by Crippen LogP contribution is -2.26. The highest BCUT2D eigenvalue weighted by atomic mass is 16.5. The van der Waals surface area contributed by atoms with Crippen LogP contribution < -0.4 is 9.64 Å². The normalized spacial score (nSPS) is 17.2. The Bertz CT molecular complexity index is 1820. The molecular formula is C32H31N5O4. The zero-order valence-electron chi connectivity index (χ0n) is 23.2. The van der Waals surface area contributed by atoms with Crippen LogP contribution in [-0.2, 0) is 29.0 Å². The van der Waals surface area contributed by atoms with Crippen molar-refractivity contribution in [3.05, 3.63) is 71.9 Å². The minimum Gasteiger partial charge on any atom is -0.494 e. The molecule has 0 radical (unpaired) electrons. The quantitative estimate of drug-likeness (QED) is 0.280. The highest BCUT2D eigenvalue weighted by Gasteiger charge is 2.34. The SMILES string of the molecule is COC(=O)c1cc(OC)c2c(c1)nc1n2CC2CC(=O)N(C2)c2ccccc2CCCCn2c-1cc1cccnc12. The molecule has 0 saturated carbocycles. The molecule has 2 aliphatic heterocycles. The average Bonchev–Trinajstić information content (AvgIpc) is 3.67. The molecule has 208 valence electrons. The van der Waals surface area contributed by atoms with Gasteiger partial charge in [0.25, 0.3) is 0 Å². The summed E-state index contributed by atoms with van der Waals surface area (Å²) in [7, 11) is 2.96. The molecular weight excluding hydrogens is 518 g/mol. The van der Waals surface area contributed by atoms with E-state index < -0.39 is 5.97 Å². The van der Waals surface area contributed by atoms with E-state index in [1.807, 2.05) is 23.2 Å². The predicted octanol–water partition coefficient (Wildman–Crippen LogP) is 5.24. The number of esters is 1. The van der Waals surface area contributed by atoms with Gasteiger partial charge in [-0.3, -0.25) is 4.79 Å². The van der Waals surface area contributed by atoms with Crippen LogP contribution in [0.2, 0.25) is 0 Å². The number of pyridine rings is 1. The molecule has 5 aromatic rings. The molecule has 3 aromatic heterocycles. The highest BCUT2D eigenvalue weighted by molar-refractivity contribution is 5.98. The fourth-order valence-corrected chi connectivity index (χ4v) is 6.46. The molecule has 1 fully saturated rings. The van der Waals surface area contributed by atoms with Crippen LogP contribution in [0.3, 0.4) is 0 Å². The van der Waals surface area contributed by atoms with Crippen molar-refractivity contribution in [3.63, 3.8) is 0 Å². The Labute approximate surface area is 237 Å². The first-order chi connectivity index (χ1) is 20.1. The number of hydrogen-bond acceptors (Lipinski definition) is 6. The standard InChI is InChI=1S/C32H31N5O4/c1-40-27-17-23(32(39)41-2)15-24-29(27)37-19-20-14-28(38)36(18-20)25-11-4-3-8-21(25)9-5-6-13-35-26(31(37)34-24)16-22-10-7-12-33-30(22)35/h3-4,7-8,10-12,15-17,20H,5-6,9,13-14,18-19H2,1-2H3. The summed E-state index contributed by atoms with van der Waals surface area (Å²) in [6.07, 6.45) is 5.08. The molecule has 0 N–H and O–H groups in total. The van der Waals surface area contributed by atoms with Gasteiger partial charge in [-0.15, -0.1) is 0 Å². The lowest BCUT2D eigenvalue weighted by molar-refractivity contribution is -0.117. The summed E-state index contributed by atoms with van der Waals surface area (Å²) in [5, 5.41) is 1.04. The van der Waals surface area contributed by atoms with Crippen LogP contribution in [0.1, 0.15) is 35.2 Å². The van der Waals surface area contributed by atoms with Crippen molar-refractivity contribution >= 4 is 39.6 Å². The van der Waals surface area contributed by atoms with Crippen molar-refractivity contribution in [3.8, 4) is 17.3 Å². The van der Waals surface area contributed by atoms with Crippen molar-refractivity contribution in [2.75, 3.05) is 25.7 Å². The summed E-state index contributed by atoms with van der Waals surface area (Å²) in [6, 6.07) is 17.9. The van der Waals surface area contributed by atoms with E-state index in [2.05, 4.69) is 39.5 Å². The minimum absolute atomic E-state index is 0.0654. The van der Waals surface area contributed by atoms with Crippen LogP contribution in [0, 0.1) is 5.92 Å². The molecule has 1 atom stereocenters. The Morgan fingerprint density at radius 2 is 1.88 bits per heavy atom. The zero-order valence-corrected chi connectivity index (χ0v) is 23.2. The second-order valence-corrected chi connectivity index (χ2v) is 10.8. The fourth-order valence-electron chi connectivity index (χ4n) is 6.46. The predicted molar refractivity (Wildman–Crippen MR) is 156 cm³/mol. The number of rotatable bonds is 2. The summed E-state index contributed by atoms with van der Waals surface area (Å²) in [6.45, 7) is 1.97. The number of imidazole rings is 1. The smallest absolute Gasteiger partial charge is 0.338 e. The monoisotopic (exact) mass is 549 g/mol. The van der Waals surface area contributed by atoms with Crippen molar-refractivity contribution in [2.45, 2.75) is 38.8 Å². The number of nitrogens with zero attached hydrogens (tertiary/aromatic N) is 5. The number of methoxy groups -OCH3 is 2. The number of para-hydroxylation sites is 1. The Morgan fingerprint density at radius 1 is 1.00 bits per heavy atom. The van der Waals surface area contributed by atoms with Crippen LogP contribution in [0.4, 0.5) is 5.69 Å². The Kier molecular flexibility index (Phi) is 6.22. The van der Waals surface area contributed by atoms with E-state index in [1.54, 1.807) is 19.2 Å². The topological polar surface area (TPSA) is 91.5 Å². The van der Waals surface area contributed by atoms with E-state index >= 15 is 0 Å². The molecule has 5 heterocycles. The number of anilines is 1. The van der Waals surface area contributed by atoms with Crippen LogP contribution >= 0.6 is 0 Å². The number of fused-ring (bicyclic) bond motifs is 11. The molecule has 0 spiro atoms. The second kappa shape index (κ2) is 10.1. The van der Waals surface area contributed by atoms with Crippen LogP contribution in [0.5, 0.6) is 5.75 Å². The first-order valence-electron chi connectivity index (χ1n) is 14.0. The largest absolute Gasteiger partial charge is 0.494 e. The van der Waals surface area contributed by atoms with Crippen molar-refractivity contribution in [1.29, 1.82) is 0 Å². The molecule has 2 aliphatic rings. The van der Waals surface area contributed by atoms with Crippen LogP contribution in [-0.4, -0.2) is 51.7 Å². The molecule has 2 aromatic carbocycles. The average molecular weight is 550 g/mol.